The molecule has 0 atom stereocenters. The average Bonchev–Trinajstić information content (AvgIpc) is 2.30. The normalized spacial score (nSPS) is 10.1. The first-order chi connectivity index (χ1) is 7.74. The molecule has 82 valence electrons. The number of nitrogens with one attached hydrogen (secondary N) is 1. The summed E-state index contributed by atoms with van der Waals surface area (Å²) < 4.78 is 1.27. The monoisotopic (exact) mass is 323 g/mol. The lowest BCUT2D eigenvalue weighted by atomic mass is 10.2. The van der Waals surface area contributed by atoms with Crippen molar-refractivity contribution in [3.8, 4) is 0 Å². The molecule has 0 bridgehead atoms. The molecule has 2 aromatic rings. The van der Waals surface area contributed by atoms with Gasteiger partial charge in [-0.15, -0.1) is 0 Å². The van der Waals surface area contributed by atoms with Crippen LogP contribution in [0, 0.1) is 10.5 Å². The number of hydrogen-bond acceptors (Lipinski definition) is 1. The predicted octanol–water partition coefficient (Wildman–Crippen LogP) is 4.21. The van der Waals surface area contributed by atoms with Crippen LogP contribution in [0.2, 0.25) is 0 Å². The summed E-state index contributed by atoms with van der Waals surface area (Å²) >= 11 is 2.32. The molecule has 0 aliphatic heterocycles. The first-order valence-corrected chi connectivity index (χ1v) is 6.37. The van der Waals surface area contributed by atoms with Gasteiger partial charge in [-0.05, 0) is 59.3 Å². The van der Waals surface area contributed by atoms with Crippen LogP contribution in [0.3, 0.4) is 0 Å². The molecule has 1 N–H and O–H groups in total. The van der Waals surface area contributed by atoms with E-state index >= 15 is 0 Å². The highest BCUT2D eigenvalue weighted by Gasteiger charge is 1.94. The Labute approximate surface area is 110 Å². The fourth-order valence-corrected chi connectivity index (χ4v) is 1.84. The molecule has 2 rings (SSSR count). The van der Waals surface area contributed by atoms with Gasteiger partial charge in [-0.3, -0.25) is 0 Å². The third-order valence-corrected chi connectivity index (χ3v) is 3.18. The van der Waals surface area contributed by atoms with Gasteiger partial charge in [0.05, 0.1) is 0 Å². The van der Waals surface area contributed by atoms with Crippen LogP contribution >= 0.6 is 22.6 Å². The molecule has 0 aromatic heterocycles. The Morgan fingerprint density at radius 1 is 0.938 bits per heavy atom. The van der Waals surface area contributed by atoms with E-state index in [1.165, 1.54) is 20.4 Å². The van der Waals surface area contributed by atoms with Crippen LogP contribution in [0.1, 0.15) is 11.1 Å². The van der Waals surface area contributed by atoms with Crippen LogP contribution in [0.4, 0.5) is 5.69 Å². The van der Waals surface area contributed by atoms with Gasteiger partial charge in [0.2, 0.25) is 0 Å². The first-order valence-electron chi connectivity index (χ1n) is 5.29. The number of hydrogen-bond donors (Lipinski definition) is 1. The molecular formula is C14H14IN. The van der Waals surface area contributed by atoms with Gasteiger partial charge in [-0.25, -0.2) is 0 Å². The van der Waals surface area contributed by atoms with E-state index in [1.807, 2.05) is 0 Å². The molecule has 16 heavy (non-hydrogen) atoms. The zero-order valence-corrected chi connectivity index (χ0v) is 11.4. The van der Waals surface area contributed by atoms with Gasteiger partial charge in [-0.2, -0.15) is 0 Å². The fourth-order valence-electron chi connectivity index (χ4n) is 1.48. The second kappa shape index (κ2) is 5.34. The minimum atomic E-state index is 0.875. The van der Waals surface area contributed by atoms with Crippen LogP contribution in [0.25, 0.3) is 0 Å². The van der Waals surface area contributed by atoms with E-state index in [2.05, 4.69) is 83.4 Å². The topological polar surface area (TPSA) is 12.0 Å². The second-order valence-corrected chi connectivity index (χ2v) is 5.09. The summed E-state index contributed by atoms with van der Waals surface area (Å²) in [7, 11) is 0. The van der Waals surface area contributed by atoms with Crippen molar-refractivity contribution in [3.05, 3.63) is 63.2 Å². The summed E-state index contributed by atoms with van der Waals surface area (Å²) in [6.07, 6.45) is 0. The minimum Gasteiger partial charge on any atom is -0.381 e. The van der Waals surface area contributed by atoms with Crippen molar-refractivity contribution in [2.45, 2.75) is 13.5 Å². The van der Waals surface area contributed by atoms with E-state index in [4.69, 9.17) is 0 Å². The van der Waals surface area contributed by atoms with Gasteiger partial charge in [0.15, 0.2) is 0 Å². The Bertz CT molecular complexity index is 400. The Balaban J connectivity index is 1.97. The molecule has 0 amide bonds. The van der Waals surface area contributed by atoms with Gasteiger partial charge in [0.25, 0.3) is 0 Å². The van der Waals surface area contributed by atoms with Gasteiger partial charge in [-0.1, -0.05) is 29.8 Å². The highest BCUT2D eigenvalue weighted by Crippen LogP contribution is 2.11. The molecule has 0 unspecified atom stereocenters. The summed E-state index contributed by atoms with van der Waals surface area (Å²) in [6, 6.07) is 17.0. The molecule has 0 saturated carbocycles. The summed E-state index contributed by atoms with van der Waals surface area (Å²) in [6.45, 7) is 2.98. The van der Waals surface area contributed by atoms with Crippen molar-refractivity contribution >= 4 is 28.3 Å². The molecule has 0 aliphatic rings. The lowest BCUT2D eigenvalue weighted by Gasteiger charge is -2.06. The molecular weight excluding hydrogens is 309 g/mol. The van der Waals surface area contributed by atoms with Crippen molar-refractivity contribution in [2.75, 3.05) is 5.32 Å². The maximum Gasteiger partial charge on any atom is 0.0400 e. The second-order valence-electron chi connectivity index (χ2n) is 3.85. The van der Waals surface area contributed by atoms with Gasteiger partial charge in [0, 0.05) is 15.8 Å². The smallest absolute Gasteiger partial charge is 0.0400 e. The third-order valence-electron chi connectivity index (χ3n) is 2.46. The molecule has 0 spiro atoms. The van der Waals surface area contributed by atoms with Crippen LogP contribution in [-0.4, -0.2) is 0 Å². The predicted molar refractivity (Wildman–Crippen MR) is 77.7 cm³/mol. The van der Waals surface area contributed by atoms with Crippen molar-refractivity contribution in [1.29, 1.82) is 0 Å². The van der Waals surface area contributed by atoms with Gasteiger partial charge in [0.1, 0.15) is 0 Å². The quantitative estimate of drug-likeness (QED) is 0.834. The first kappa shape index (κ1) is 11.5. The van der Waals surface area contributed by atoms with E-state index < -0.39 is 0 Å². The van der Waals surface area contributed by atoms with Crippen LogP contribution < -0.4 is 5.32 Å². The van der Waals surface area contributed by atoms with Crippen LogP contribution in [-0.2, 0) is 6.54 Å². The molecule has 0 heterocycles. The maximum atomic E-state index is 3.41. The fraction of sp³-hybridized carbons (Fsp3) is 0.143. The highest BCUT2D eigenvalue weighted by molar-refractivity contribution is 14.1. The SMILES string of the molecule is Cc1ccc(NCc2ccc(I)cc2)cc1. The number of rotatable bonds is 3. The van der Waals surface area contributed by atoms with Gasteiger partial charge < -0.3 is 5.32 Å². The lowest BCUT2D eigenvalue weighted by molar-refractivity contribution is 1.15. The Hall–Kier alpha value is -1.03. The zero-order valence-electron chi connectivity index (χ0n) is 9.20. The molecule has 0 radical (unpaired) electrons. The standard InChI is InChI=1S/C14H14IN/c1-11-2-8-14(9-3-11)16-10-12-4-6-13(15)7-5-12/h2-9,16H,10H2,1H3. The van der Waals surface area contributed by atoms with E-state index in [-0.39, 0.29) is 0 Å². The average molecular weight is 323 g/mol. The van der Waals surface area contributed by atoms with Crippen LogP contribution in [0.15, 0.2) is 48.5 Å². The molecule has 1 nitrogen and oxygen atoms in total. The van der Waals surface area contributed by atoms with Crippen molar-refractivity contribution in [1.82, 2.24) is 0 Å². The number of halogens is 1. The van der Waals surface area contributed by atoms with E-state index in [0.29, 0.717) is 0 Å². The number of anilines is 1. The Kier molecular flexibility index (Phi) is 3.83. The van der Waals surface area contributed by atoms with Crippen molar-refractivity contribution < 1.29 is 0 Å². The molecule has 2 aromatic carbocycles. The van der Waals surface area contributed by atoms with Crippen molar-refractivity contribution in [3.63, 3.8) is 0 Å². The number of aryl methyl sites for hydroxylation is 1. The molecule has 0 saturated heterocycles. The molecule has 0 aliphatic carbocycles. The molecule has 2 heteroatoms. The maximum absolute atomic E-state index is 3.41. The summed E-state index contributed by atoms with van der Waals surface area (Å²) in [4.78, 5) is 0. The van der Waals surface area contributed by atoms with E-state index in [0.717, 1.165) is 6.54 Å². The number of benzene rings is 2. The summed E-state index contributed by atoms with van der Waals surface area (Å²) in [5.41, 5.74) is 3.77. The van der Waals surface area contributed by atoms with Crippen molar-refractivity contribution in [2.24, 2.45) is 0 Å². The largest absolute Gasteiger partial charge is 0.381 e. The third kappa shape index (κ3) is 3.23. The summed E-state index contributed by atoms with van der Waals surface area (Å²) in [5, 5.41) is 3.41. The van der Waals surface area contributed by atoms with E-state index in [9.17, 15) is 0 Å². The highest BCUT2D eigenvalue weighted by atomic mass is 127. The van der Waals surface area contributed by atoms with Crippen LogP contribution in [0.5, 0.6) is 0 Å². The minimum absolute atomic E-state index is 0.875. The summed E-state index contributed by atoms with van der Waals surface area (Å²) in [5.74, 6) is 0. The Morgan fingerprint density at radius 3 is 2.19 bits per heavy atom. The van der Waals surface area contributed by atoms with Gasteiger partial charge >= 0.3 is 0 Å². The van der Waals surface area contributed by atoms with E-state index in [1.54, 1.807) is 0 Å². The molecule has 0 fully saturated rings. The Morgan fingerprint density at radius 2 is 1.56 bits per heavy atom. The lowest BCUT2D eigenvalue weighted by Crippen LogP contribution is -1.98. The zero-order chi connectivity index (χ0) is 11.4.